The zero-order valence-corrected chi connectivity index (χ0v) is 16.1. The predicted octanol–water partition coefficient (Wildman–Crippen LogP) is 1.51. The summed E-state index contributed by atoms with van der Waals surface area (Å²) >= 11 is 6.06. The molecular formula is C18H28ClN5O. The largest absolute Gasteiger partial charge is 0.357 e. The molecule has 0 atom stereocenters. The Kier molecular flexibility index (Phi) is 7.52. The smallest absolute Gasteiger partial charge is 0.243 e. The number of halogens is 1. The number of guanidine groups is 1. The molecule has 0 aromatic heterocycles. The molecule has 1 aliphatic heterocycles. The maximum absolute atomic E-state index is 11.8. The molecule has 0 spiro atoms. The number of piperazine rings is 1. The third-order valence-electron chi connectivity index (χ3n) is 4.16. The van der Waals surface area contributed by atoms with Crippen LogP contribution in [0.3, 0.4) is 0 Å². The Hall–Kier alpha value is -1.79. The summed E-state index contributed by atoms with van der Waals surface area (Å²) in [4.78, 5) is 22.5. The molecule has 1 aliphatic rings. The van der Waals surface area contributed by atoms with Crippen LogP contribution in [0.1, 0.15) is 12.5 Å². The first-order valence-corrected chi connectivity index (χ1v) is 9.07. The van der Waals surface area contributed by atoms with Gasteiger partial charge in [-0.1, -0.05) is 23.7 Å². The normalized spacial score (nSPS) is 16.0. The van der Waals surface area contributed by atoms with E-state index in [4.69, 9.17) is 11.6 Å². The van der Waals surface area contributed by atoms with E-state index in [0.717, 1.165) is 50.3 Å². The number of likely N-dealkylation sites (N-methyl/N-ethyl adjacent to an activating group) is 1. The highest BCUT2D eigenvalue weighted by atomic mass is 35.5. The van der Waals surface area contributed by atoms with Gasteiger partial charge in [0.25, 0.3) is 0 Å². The van der Waals surface area contributed by atoms with Crippen LogP contribution in [-0.2, 0) is 11.3 Å². The second-order valence-corrected chi connectivity index (χ2v) is 6.79. The van der Waals surface area contributed by atoms with Crippen LogP contribution in [0.25, 0.3) is 0 Å². The minimum absolute atomic E-state index is 0.00925. The lowest BCUT2D eigenvalue weighted by Gasteiger charge is -2.36. The fourth-order valence-corrected chi connectivity index (χ4v) is 2.93. The molecule has 1 heterocycles. The minimum atomic E-state index is 0.00925. The SMILES string of the molecule is CCNC(=NCC(=O)N(C)C)N1CCN(Cc2cccc(Cl)c2)CC1. The molecule has 1 aromatic rings. The van der Waals surface area contributed by atoms with Gasteiger partial charge >= 0.3 is 0 Å². The van der Waals surface area contributed by atoms with Crippen LogP contribution in [0.4, 0.5) is 0 Å². The van der Waals surface area contributed by atoms with Gasteiger partial charge in [-0.2, -0.15) is 0 Å². The number of benzene rings is 1. The van der Waals surface area contributed by atoms with Crippen molar-refractivity contribution in [2.45, 2.75) is 13.5 Å². The van der Waals surface area contributed by atoms with Gasteiger partial charge in [-0.05, 0) is 24.6 Å². The van der Waals surface area contributed by atoms with E-state index in [9.17, 15) is 4.79 Å². The molecular weight excluding hydrogens is 338 g/mol. The van der Waals surface area contributed by atoms with Gasteiger partial charge in [0, 0.05) is 58.4 Å². The summed E-state index contributed by atoms with van der Waals surface area (Å²) in [6.07, 6.45) is 0. The fourth-order valence-electron chi connectivity index (χ4n) is 2.72. The van der Waals surface area contributed by atoms with Crippen LogP contribution in [0.2, 0.25) is 5.02 Å². The standard InChI is InChI=1S/C18H28ClN5O/c1-4-20-18(21-13-17(25)22(2)3)24-10-8-23(9-11-24)14-15-6-5-7-16(19)12-15/h5-7,12H,4,8-11,13-14H2,1-3H3,(H,20,21). The average Bonchev–Trinajstić information content (AvgIpc) is 2.59. The summed E-state index contributed by atoms with van der Waals surface area (Å²) in [5.74, 6) is 0.829. The van der Waals surface area contributed by atoms with E-state index in [-0.39, 0.29) is 12.5 Å². The van der Waals surface area contributed by atoms with Crippen molar-refractivity contribution in [3.8, 4) is 0 Å². The molecule has 7 heteroatoms. The molecule has 1 fully saturated rings. The number of carbonyl (C=O) groups is 1. The highest BCUT2D eigenvalue weighted by Gasteiger charge is 2.20. The monoisotopic (exact) mass is 365 g/mol. The Morgan fingerprint density at radius 3 is 2.60 bits per heavy atom. The first-order chi connectivity index (χ1) is 12.0. The highest BCUT2D eigenvalue weighted by molar-refractivity contribution is 6.30. The summed E-state index contributed by atoms with van der Waals surface area (Å²) in [7, 11) is 3.50. The van der Waals surface area contributed by atoms with E-state index in [0.29, 0.717) is 0 Å². The van der Waals surface area contributed by atoms with Gasteiger partial charge in [-0.15, -0.1) is 0 Å². The van der Waals surface area contributed by atoms with E-state index in [1.54, 1.807) is 19.0 Å². The molecule has 0 saturated carbocycles. The van der Waals surface area contributed by atoms with Crippen molar-refractivity contribution in [3.63, 3.8) is 0 Å². The van der Waals surface area contributed by atoms with Crippen molar-refractivity contribution in [3.05, 3.63) is 34.9 Å². The third kappa shape index (κ3) is 6.21. The zero-order valence-electron chi connectivity index (χ0n) is 15.3. The second kappa shape index (κ2) is 9.63. The molecule has 0 unspecified atom stereocenters. The lowest BCUT2D eigenvalue weighted by atomic mass is 10.2. The summed E-state index contributed by atoms with van der Waals surface area (Å²) in [6.45, 7) is 7.61. The Labute approximate surface area is 155 Å². The molecule has 1 aromatic carbocycles. The van der Waals surface area contributed by atoms with Crippen LogP contribution in [-0.4, -0.2) is 79.9 Å². The zero-order chi connectivity index (χ0) is 18.2. The number of hydrogen-bond acceptors (Lipinski definition) is 3. The van der Waals surface area contributed by atoms with Crippen molar-refractivity contribution < 1.29 is 4.79 Å². The van der Waals surface area contributed by atoms with E-state index in [1.165, 1.54) is 5.56 Å². The van der Waals surface area contributed by atoms with E-state index in [2.05, 4.69) is 26.2 Å². The maximum atomic E-state index is 11.8. The molecule has 6 nitrogen and oxygen atoms in total. The van der Waals surface area contributed by atoms with Crippen molar-refractivity contribution in [1.29, 1.82) is 0 Å². The number of hydrogen-bond donors (Lipinski definition) is 1. The summed E-state index contributed by atoms with van der Waals surface area (Å²) in [6, 6.07) is 8.02. The van der Waals surface area contributed by atoms with Gasteiger partial charge in [0.2, 0.25) is 5.91 Å². The van der Waals surface area contributed by atoms with Crippen LogP contribution in [0, 0.1) is 0 Å². The minimum Gasteiger partial charge on any atom is -0.357 e. The van der Waals surface area contributed by atoms with Gasteiger partial charge in [0.05, 0.1) is 0 Å². The topological polar surface area (TPSA) is 51.2 Å². The molecule has 0 aliphatic carbocycles. The maximum Gasteiger partial charge on any atom is 0.243 e. The molecule has 0 bridgehead atoms. The summed E-state index contributed by atoms with van der Waals surface area (Å²) < 4.78 is 0. The highest BCUT2D eigenvalue weighted by Crippen LogP contribution is 2.14. The molecule has 1 saturated heterocycles. The van der Waals surface area contributed by atoms with Gasteiger partial charge in [-0.3, -0.25) is 9.69 Å². The molecule has 25 heavy (non-hydrogen) atoms. The quantitative estimate of drug-likeness (QED) is 0.635. The van der Waals surface area contributed by atoms with Crippen LogP contribution in [0.5, 0.6) is 0 Å². The number of nitrogens with one attached hydrogen (secondary N) is 1. The van der Waals surface area contributed by atoms with Gasteiger partial charge in [0.15, 0.2) is 5.96 Å². The first kappa shape index (κ1) is 19.5. The van der Waals surface area contributed by atoms with Crippen molar-refractivity contribution in [2.24, 2.45) is 4.99 Å². The van der Waals surface area contributed by atoms with Crippen molar-refractivity contribution >= 4 is 23.5 Å². The number of amides is 1. The van der Waals surface area contributed by atoms with Gasteiger partial charge < -0.3 is 15.1 Å². The number of carbonyl (C=O) groups excluding carboxylic acids is 1. The van der Waals surface area contributed by atoms with Crippen LogP contribution in [0.15, 0.2) is 29.3 Å². The predicted molar refractivity (Wildman–Crippen MR) is 103 cm³/mol. The van der Waals surface area contributed by atoms with E-state index < -0.39 is 0 Å². The second-order valence-electron chi connectivity index (χ2n) is 6.35. The lowest BCUT2D eigenvalue weighted by molar-refractivity contribution is -0.127. The molecule has 2 rings (SSSR count). The van der Waals surface area contributed by atoms with Crippen LogP contribution >= 0.6 is 11.6 Å². The Morgan fingerprint density at radius 1 is 1.28 bits per heavy atom. The Bertz CT molecular complexity index is 597. The third-order valence-corrected chi connectivity index (χ3v) is 4.40. The lowest BCUT2D eigenvalue weighted by Crippen LogP contribution is -2.52. The Morgan fingerprint density at radius 2 is 2.00 bits per heavy atom. The molecule has 1 N–H and O–H groups in total. The Balaban J connectivity index is 1.89. The van der Waals surface area contributed by atoms with Crippen molar-refractivity contribution in [1.82, 2.24) is 20.0 Å². The van der Waals surface area contributed by atoms with Gasteiger partial charge in [0.1, 0.15) is 6.54 Å². The van der Waals surface area contributed by atoms with E-state index >= 15 is 0 Å². The average molecular weight is 366 g/mol. The van der Waals surface area contributed by atoms with Crippen molar-refractivity contribution in [2.75, 3.05) is 53.4 Å². The number of nitrogens with zero attached hydrogens (tertiary/aromatic N) is 4. The first-order valence-electron chi connectivity index (χ1n) is 8.69. The molecule has 0 radical (unpaired) electrons. The fraction of sp³-hybridized carbons (Fsp3) is 0.556. The number of rotatable bonds is 5. The summed E-state index contributed by atoms with van der Waals surface area (Å²) in [5, 5.41) is 4.07. The molecule has 138 valence electrons. The van der Waals surface area contributed by atoms with Gasteiger partial charge in [-0.25, -0.2) is 4.99 Å². The van der Waals surface area contributed by atoms with E-state index in [1.807, 2.05) is 25.1 Å². The number of aliphatic imine (C=N–C) groups is 1. The summed E-state index contributed by atoms with van der Waals surface area (Å²) in [5.41, 5.74) is 1.23. The van der Waals surface area contributed by atoms with Crippen LogP contribution < -0.4 is 5.32 Å². The molecule has 1 amide bonds.